The number of benzene rings is 1. The second-order valence-electron chi connectivity index (χ2n) is 4.17. The molecule has 3 nitrogen and oxygen atoms in total. The zero-order valence-corrected chi connectivity index (χ0v) is 14.1. The fourth-order valence-corrected chi connectivity index (χ4v) is 3.70. The third kappa shape index (κ3) is 4.27. The van der Waals surface area contributed by atoms with Gasteiger partial charge in [-0.2, -0.15) is 4.37 Å². The first-order valence-corrected chi connectivity index (χ1v) is 8.56. The summed E-state index contributed by atoms with van der Waals surface area (Å²) >= 11 is 6.69. The minimum Gasteiger partial charge on any atom is -0.310 e. The molecule has 0 saturated carbocycles. The number of nitrogens with zero attached hydrogens (tertiary/aromatic N) is 2. The number of hydrogen-bond donors (Lipinski definition) is 1. The van der Waals surface area contributed by atoms with Gasteiger partial charge in [-0.25, -0.2) is 4.98 Å². The van der Waals surface area contributed by atoms with Crippen LogP contribution in [0.15, 0.2) is 38.2 Å². The van der Waals surface area contributed by atoms with Crippen LogP contribution in [0.4, 0.5) is 0 Å². The summed E-state index contributed by atoms with van der Waals surface area (Å²) in [5.74, 6) is 0. The summed E-state index contributed by atoms with van der Waals surface area (Å²) in [6.45, 7) is 5.41. The highest BCUT2D eigenvalue weighted by Gasteiger charge is 2.09. The Kier molecular flexibility index (Phi) is 5.81. The standard InChI is InChI=1S/C13H16BrN3S2/c1-3-6-15-9(2)10-4-5-12(11(14)7-10)18-13-16-8-17-19-13/h4-5,7-9,15H,3,6H2,1-2H3. The molecule has 1 aromatic heterocycles. The Morgan fingerprint density at radius 3 is 2.95 bits per heavy atom. The molecule has 1 N–H and O–H groups in total. The Hall–Kier alpha value is -0.430. The molecule has 0 radical (unpaired) electrons. The van der Waals surface area contributed by atoms with Crippen molar-refractivity contribution in [3.8, 4) is 0 Å². The number of nitrogens with one attached hydrogen (secondary N) is 1. The van der Waals surface area contributed by atoms with E-state index < -0.39 is 0 Å². The van der Waals surface area contributed by atoms with Crippen LogP contribution >= 0.6 is 39.2 Å². The van der Waals surface area contributed by atoms with Crippen LogP contribution in [-0.4, -0.2) is 15.9 Å². The van der Waals surface area contributed by atoms with E-state index >= 15 is 0 Å². The summed E-state index contributed by atoms with van der Waals surface area (Å²) in [6.07, 6.45) is 2.74. The Bertz CT molecular complexity index is 517. The number of hydrogen-bond acceptors (Lipinski definition) is 5. The van der Waals surface area contributed by atoms with Crippen LogP contribution in [0, 0.1) is 0 Å². The molecule has 2 aromatic rings. The normalized spacial score (nSPS) is 12.6. The molecular weight excluding hydrogens is 342 g/mol. The molecule has 102 valence electrons. The van der Waals surface area contributed by atoms with Crippen molar-refractivity contribution in [1.29, 1.82) is 0 Å². The van der Waals surface area contributed by atoms with Gasteiger partial charge in [0.1, 0.15) is 6.33 Å². The van der Waals surface area contributed by atoms with Gasteiger partial charge in [-0.15, -0.1) is 0 Å². The maximum Gasteiger partial charge on any atom is 0.174 e. The molecule has 0 bridgehead atoms. The van der Waals surface area contributed by atoms with E-state index in [0.29, 0.717) is 6.04 Å². The monoisotopic (exact) mass is 357 g/mol. The lowest BCUT2D eigenvalue weighted by Gasteiger charge is -2.14. The van der Waals surface area contributed by atoms with Crippen LogP contribution in [0.25, 0.3) is 0 Å². The van der Waals surface area contributed by atoms with Crippen molar-refractivity contribution < 1.29 is 0 Å². The molecule has 0 spiro atoms. The van der Waals surface area contributed by atoms with Crippen molar-refractivity contribution in [2.45, 2.75) is 35.5 Å². The fraction of sp³-hybridized carbons (Fsp3) is 0.385. The van der Waals surface area contributed by atoms with Gasteiger partial charge in [0.2, 0.25) is 0 Å². The fourth-order valence-electron chi connectivity index (χ4n) is 1.65. The van der Waals surface area contributed by atoms with Crippen molar-refractivity contribution >= 4 is 39.2 Å². The van der Waals surface area contributed by atoms with E-state index in [9.17, 15) is 0 Å². The van der Waals surface area contributed by atoms with Gasteiger partial charge in [0.05, 0.1) is 0 Å². The molecule has 0 amide bonds. The molecule has 19 heavy (non-hydrogen) atoms. The van der Waals surface area contributed by atoms with Crippen LogP contribution in [0.5, 0.6) is 0 Å². The van der Waals surface area contributed by atoms with Gasteiger partial charge in [-0.1, -0.05) is 24.8 Å². The Morgan fingerprint density at radius 2 is 2.32 bits per heavy atom. The van der Waals surface area contributed by atoms with Crippen molar-refractivity contribution in [1.82, 2.24) is 14.7 Å². The van der Waals surface area contributed by atoms with Gasteiger partial charge in [0, 0.05) is 15.4 Å². The number of aromatic nitrogens is 2. The lowest BCUT2D eigenvalue weighted by molar-refractivity contribution is 0.570. The first-order chi connectivity index (χ1) is 9.20. The zero-order valence-electron chi connectivity index (χ0n) is 10.9. The highest BCUT2D eigenvalue weighted by Crippen LogP contribution is 2.35. The Morgan fingerprint density at radius 1 is 1.47 bits per heavy atom. The van der Waals surface area contributed by atoms with Crippen molar-refractivity contribution in [2.75, 3.05) is 6.54 Å². The molecule has 1 atom stereocenters. The van der Waals surface area contributed by atoms with E-state index in [1.54, 1.807) is 18.1 Å². The molecule has 1 heterocycles. The van der Waals surface area contributed by atoms with Crippen molar-refractivity contribution in [2.24, 2.45) is 0 Å². The lowest BCUT2D eigenvalue weighted by Crippen LogP contribution is -2.19. The first kappa shape index (κ1) is 15.0. The highest BCUT2D eigenvalue weighted by atomic mass is 79.9. The molecule has 0 aliphatic heterocycles. The third-order valence-electron chi connectivity index (χ3n) is 2.69. The van der Waals surface area contributed by atoms with E-state index in [-0.39, 0.29) is 0 Å². The lowest BCUT2D eigenvalue weighted by atomic mass is 10.1. The van der Waals surface area contributed by atoms with Crippen LogP contribution in [-0.2, 0) is 0 Å². The first-order valence-electron chi connectivity index (χ1n) is 6.18. The van der Waals surface area contributed by atoms with Crippen LogP contribution in [0.2, 0.25) is 0 Å². The molecule has 1 unspecified atom stereocenters. The molecule has 0 aliphatic rings. The molecule has 1 aromatic carbocycles. The molecule has 6 heteroatoms. The summed E-state index contributed by atoms with van der Waals surface area (Å²) in [5, 5.41) is 3.49. The molecular formula is C13H16BrN3S2. The minimum absolute atomic E-state index is 0.372. The van der Waals surface area contributed by atoms with Gasteiger partial charge < -0.3 is 5.32 Å². The second-order valence-corrected chi connectivity index (χ2v) is 7.10. The van der Waals surface area contributed by atoms with E-state index in [1.165, 1.54) is 22.0 Å². The SMILES string of the molecule is CCCNC(C)c1ccc(Sc2ncns2)c(Br)c1. The molecule has 0 aliphatic carbocycles. The van der Waals surface area contributed by atoms with Gasteiger partial charge in [0.15, 0.2) is 4.34 Å². The summed E-state index contributed by atoms with van der Waals surface area (Å²) in [4.78, 5) is 5.36. The maximum atomic E-state index is 4.19. The van der Waals surface area contributed by atoms with E-state index in [1.807, 2.05) is 0 Å². The quantitative estimate of drug-likeness (QED) is 0.824. The predicted molar refractivity (Wildman–Crippen MR) is 84.9 cm³/mol. The summed E-state index contributed by atoms with van der Waals surface area (Å²) in [7, 11) is 0. The third-order valence-corrected chi connectivity index (χ3v) is 5.40. The smallest absolute Gasteiger partial charge is 0.174 e. The molecule has 2 rings (SSSR count). The van der Waals surface area contributed by atoms with Crippen molar-refractivity contribution in [3.63, 3.8) is 0 Å². The number of rotatable bonds is 6. The summed E-state index contributed by atoms with van der Waals surface area (Å²) in [6, 6.07) is 6.85. The van der Waals surface area contributed by atoms with E-state index in [4.69, 9.17) is 0 Å². The van der Waals surface area contributed by atoms with Gasteiger partial charge in [-0.3, -0.25) is 0 Å². The highest BCUT2D eigenvalue weighted by molar-refractivity contribution is 9.10. The van der Waals surface area contributed by atoms with E-state index in [2.05, 4.69) is 62.7 Å². The Labute approximate surface area is 130 Å². The minimum atomic E-state index is 0.372. The largest absolute Gasteiger partial charge is 0.310 e. The van der Waals surface area contributed by atoms with Crippen LogP contribution in [0.1, 0.15) is 31.9 Å². The predicted octanol–water partition coefficient (Wildman–Crippen LogP) is 4.51. The van der Waals surface area contributed by atoms with Gasteiger partial charge in [-0.05, 0) is 65.0 Å². The summed E-state index contributed by atoms with van der Waals surface area (Å²) < 4.78 is 6.08. The average molecular weight is 358 g/mol. The Balaban J connectivity index is 2.08. The topological polar surface area (TPSA) is 37.8 Å². The van der Waals surface area contributed by atoms with Gasteiger partial charge >= 0.3 is 0 Å². The van der Waals surface area contributed by atoms with Crippen LogP contribution in [0.3, 0.4) is 0 Å². The molecule has 0 fully saturated rings. The zero-order chi connectivity index (χ0) is 13.7. The average Bonchev–Trinajstić information content (AvgIpc) is 2.91. The van der Waals surface area contributed by atoms with E-state index in [0.717, 1.165) is 21.8 Å². The number of halogens is 1. The second kappa shape index (κ2) is 7.38. The molecule has 0 saturated heterocycles. The van der Waals surface area contributed by atoms with Crippen molar-refractivity contribution in [3.05, 3.63) is 34.6 Å². The maximum absolute atomic E-state index is 4.19. The van der Waals surface area contributed by atoms with Crippen LogP contribution < -0.4 is 5.32 Å². The summed E-state index contributed by atoms with van der Waals surface area (Å²) in [5.41, 5.74) is 1.29. The van der Waals surface area contributed by atoms with Gasteiger partial charge in [0.25, 0.3) is 0 Å².